The maximum atomic E-state index is 13.0. The quantitative estimate of drug-likeness (QED) is 0.0272. The van der Waals surface area contributed by atoms with Gasteiger partial charge in [0.05, 0.1) is 39.9 Å². The Kier molecular flexibility index (Phi) is 55.4. The average molecular weight is 1050 g/mol. The monoisotopic (exact) mass is 1050 g/mol. The molecular weight excluding hydrogens is 924 g/mol. The number of hydrogen-bond donors (Lipinski definition) is 2. The summed E-state index contributed by atoms with van der Waals surface area (Å²) >= 11 is 0. The maximum absolute atomic E-state index is 13.0. The third-order valence-corrected chi connectivity index (χ3v) is 16.2. The van der Waals surface area contributed by atoms with Crippen molar-refractivity contribution in [2.45, 2.75) is 353 Å². The number of phosphoric acid groups is 1. The number of quaternary nitrogens is 1. The van der Waals surface area contributed by atoms with Crippen molar-refractivity contribution >= 4 is 13.7 Å². The van der Waals surface area contributed by atoms with Crippen LogP contribution >= 0.6 is 7.82 Å². The van der Waals surface area contributed by atoms with Crippen LogP contribution in [0.4, 0.5) is 0 Å². The average Bonchev–Trinajstić information content (AvgIpc) is 3.35. The van der Waals surface area contributed by atoms with E-state index in [1.165, 1.54) is 276 Å². The molecule has 1 amide bonds. The zero-order valence-electron chi connectivity index (χ0n) is 49.9. The van der Waals surface area contributed by atoms with Crippen LogP contribution in [0.2, 0.25) is 0 Å². The number of allylic oxidation sites excluding steroid dienone is 2. The summed E-state index contributed by atoms with van der Waals surface area (Å²) in [6.07, 6.45) is 69.8. The molecular formula is C64H129N2O6P. The first-order valence-electron chi connectivity index (χ1n) is 32.5. The van der Waals surface area contributed by atoms with Gasteiger partial charge in [0.1, 0.15) is 13.2 Å². The van der Waals surface area contributed by atoms with Crippen LogP contribution in [0.25, 0.3) is 0 Å². The number of aliphatic hydroxyl groups is 1. The van der Waals surface area contributed by atoms with Gasteiger partial charge in [0, 0.05) is 6.42 Å². The van der Waals surface area contributed by atoms with Crippen LogP contribution in [0.1, 0.15) is 341 Å². The molecule has 3 unspecified atom stereocenters. The second-order valence-electron chi connectivity index (χ2n) is 23.8. The number of phosphoric ester groups is 1. The molecule has 0 aliphatic carbocycles. The molecule has 0 rings (SSSR count). The van der Waals surface area contributed by atoms with E-state index in [4.69, 9.17) is 9.05 Å². The van der Waals surface area contributed by atoms with Gasteiger partial charge in [-0.3, -0.25) is 9.36 Å². The maximum Gasteiger partial charge on any atom is 0.268 e. The molecule has 0 aliphatic rings. The summed E-state index contributed by atoms with van der Waals surface area (Å²) in [7, 11) is 1.32. The smallest absolute Gasteiger partial charge is 0.268 e. The molecule has 2 N–H and O–H groups in total. The molecule has 0 aliphatic heterocycles. The lowest BCUT2D eigenvalue weighted by molar-refractivity contribution is -0.870. The molecule has 0 fully saturated rings. The summed E-state index contributed by atoms with van der Waals surface area (Å²) < 4.78 is 23.5. The summed E-state index contributed by atoms with van der Waals surface area (Å²) in [6.45, 7) is 4.78. The molecule has 0 aromatic heterocycles. The van der Waals surface area contributed by atoms with Crippen LogP contribution in [0.5, 0.6) is 0 Å². The van der Waals surface area contributed by atoms with Gasteiger partial charge in [0.2, 0.25) is 5.91 Å². The van der Waals surface area contributed by atoms with E-state index in [0.29, 0.717) is 23.9 Å². The first-order valence-corrected chi connectivity index (χ1v) is 34.0. The van der Waals surface area contributed by atoms with E-state index in [9.17, 15) is 19.4 Å². The molecule has 0 aromatic rings. The number of aliphatic hydroxyl groups excluding tert-OH is 1. The Hall–Kier alpha value is -0.760. The fourth-order valence-corrected chi connectivity index (χ4v) is 10.9. The highest BCUT2D eigenvalue weighted by molar-refractivity contribution is 7.45. The van der Waals surface area contributed by atoms with Gasteiger partial charge in [-0.25, -0.2) is 0 Å². The molecule has 0 saturated carbocycles. The molecule has 0 heterocycles. The van der Waals surface area contributed by atoms with E-state index in [1.807, 2.05) is 21.1 Å². The number of nitrogens with one attached hydrogen (secondary N) is 1. The van der Waals surface area contributed by atoms with Gasteiger partial charge in [0.15, 0.2) is 0 Å². The van der Waals surface area contributed by atoms with E-state index in [0.717, 1.165) is 38.5 Å². The van der Waals surface area contributed by atoms with Crippen molar-refractivity contribution in [1.82, 2.24) is 5.32 Å². The first kappa shape index (κ1) is 72.2. The third-order valence-electron chi connectivity index (χ3n) is 15.3. The van der Waals surface area contributed by atoms with Gasteiger partial charge >= 0.3 is 0 Å². The number of carbonyl (C=O) groups excluding carboxylic acids is 1. The zero-order valence-corrected chi connectivity index (χ0v) is 50.8. The van der Waals surface area contributed by atoms with Gasteiger partial charge < -0.3 is 28.8 Å². The largest absolute Gasteiger partial charge is 0.756 e. The van der Waals surface area contributed by atoms with E-state index in [-0.39, 0.29) is 19.1 Å². The second kappa shape index (κ2) is 56.0. The molecule has 0 bridgehead atoms. The third kappa shape index (κ3) is 58.8. The van der Waals surface area contributed by atoms with Crippen LogP contribution in [0.15, 0.2) is 12.2 Å². The molecule has 73 heavy (non-hydrogen) atoms. The molecule has 436 valence electrons. The molecule has 8 nitrogen and oxygen atoms in total. The van der Waals surface area contributed by atoms with Gasteiger partial charge in [-0.05, 0) is 38.5 Å². The van der Waals surface area contributed by atoms with Crippen molar-refractivity contribution in [3.8, 4) is 0 Å². The van der Waals surface area contributed by atoms with Crippen LogP contribution in [-0.4, -0.2) is 68.5 Å². The predicted octanol–water partition coefficient (Wildman–Crippen LogP) is 19.5. The minimum Gasteiger partial charge on any atom is -0.756 e. The lowest BCUT2D eigenvalue weighted by Gasteiger charge is -2.30. The molecule has 3 atom stereocenters. The van der Waals surface area contributed by atoms with E-state index < -0.39 is 20.0 Å². The SMILES string of the molecule is CCCCCCCCCC/C=C\CCCCCCCCCCCCCC(=O)NC(COP(=O)([O-])OCC[N+](C)(C)C)C(O)CCCCCCCCCCCCCCCCCCCCCCCCCCCCCC. The number of nitrogens with zero attached hydrogens (tertiary/aromatic N) is 1. The minimum absolute atomic E-state index is 0.0149. The standard InChI is InChI=1S/C64H129N2O6P/c1-6-8-10-12-14-16-18-20-22-24-26-28-30-31-32-33-34-36-37-39-41-43-45-47-49-51-53-55-57-63(67)62(61-72-73(69,70)71-60-59-66(3,4)5)65-64(68)58-56-54-52-50-48-46-44-42-40-38-35-29-27-25-23-21-19-17-15-13-11-9-7-2/h25,27,62-63,67H,6-24,26,28-61H2,1-5H3,(H-,65,68,69,70)/b27-25-. The Labute approximate surface area is 456 Å². The predicted molar refractivity (Wildman–Crippen MR) is 316 cm³/mol. The first-order chi connectivity index (χ1) is 35.5. The lowest BCUT2D eigenvalue weighted by atomic mass is 10.0. The molecule has 0 saturated heterocycles. The van der Waals surface area contributed by atoms with Crippen molar-refractivity contribution in [2.24, 2.45) is 0 Å². The molecule has 0 aromatic carbocycles. The Morgan fingerprint density at radius 2 is 0.753 bits per heavy atom. The molecule has 0 radical (unpaired) electrons. The van der Waals surface area contributed by atoms with E-state index >= 15 is 0 Å². The Morgan fingerprint density at radius 1 is 0.466 bits per heavy atom. The molecule has 0 spiro atoms. The van der Waals surface area contributed by atoms with Crippen molar-refractivity contribution in [3.63, 3.8) is 0 Å². The van der Waals surface area contributed by atoms with Crippen LogP contribution < -0.4 is 10.2 Å². The Morgan fingerprint density at radius 3 is 1.07 bits per heavy atom. The van der Waals surface area contributed by atoms with Crippen LogP contribution in [0, 0.1) is 0 Å². The van der Waals surface area contributed by atoms with Gasteiger partial charge in [0.25, 0.3) is 7.82 Å². The number of amides is 1. The summed E-state index contributed by atoms with van der Waals surface area (Å²) in [5, 5.41) is 14.1. The highest BCUT2D eigenvalue weighted by Gasteiger charge is 2.24. The minimum atomic E-state index is -4.57. The second-order valence-corrected chi connectivity index (χ2v) is 25.2. The van der Waals surface area contributed by atoms with Crippen molar-refractivity contribution in [2.75, 3.05) is 40.9 Å². The number of carbonyl (C=O) groups is 1. The Bertz CT molecular complexity index is 1200. The van der Waals surface area contributed by atoms with Crippen molar-refractivity contribution < 1.29 is 32.9 Å². The van der Waals surface area contributed by atoms with E-state index in [1.54, 1.807) is 0 Å². The van der Waals surface area contributed by atoms with Crippen LogP contribution in [-0.2, 0) is 18.4 Å². The number of rotatable bonds is 61. The number of unbranched alkanes of at least 4 members (excludes halogenated alkanes) is 46. The topological polar surface area (TPSA) is 108 Å². The number of hydrogen-bond acceptors (Lipinski definition) is 6. The highest BCUT2D eigenvalue weighted by Crippen LogP contribution is 2.38. The summed E-state index contributed by atoms with van der Waals surface area (Å²) in [4.78, 5) is 25.6. The van der Waals surface area contributed by atoms with Crippen molar-refractivity contribution in [1.29, 1.82) is 0 Å². The summed E-state index contributed by atoms with van der Waals surface area (Å²) in [6, 6.07) is -0.799. The fraction of sp³-hybridized carbons (Fsp3) is 0.953. The Balaban J connectivity index is 4.05. The van der Waals surface area contributed by atoms with E-state index in [2.05, 4.69) is 31.3 Å². The van der Waals surface area contributed by atoms with Crippen LogP contribution in [0.3, 0.4) is 0 Å². The molecule has 9 heteroatoms. The van der Waals surface area contributed by atoms with Crippen molar-refractivity contribution in [3.05, 3.63) is 12.2 Å². The normalized spacial score (nSPS) is 13.8. The van der Waals surface area contributed by atoms with Gasteiger partial charge in [-0.2, -0.15) is 0 Å². The lowest BCUT2D eigenvalue weighted by Crippen LogP contribution is -2.46. The van der Waals surface area contributed by atoms with Gasteiger partial charge in [-0.1, -0.05) is 309 Å². The fourth-order valence-electron chi connectivity index (χ4n) is 10.2. The summed E-state index contributed by atoms with van der Waals surface area (Å²) in [5.41, 5.74) is 0. The van der Waals surface area contributed by atoms with Gasteiger partial charge in [-0.15, -0.1) is 0 Å². The zero-order chi connectivity index (χ0) is 53.5. The number of likely N-dealkylation sites (N-methyl/N-ethyl adjacent to an activating group) is 1. The highest BCUT2D eigenvalue weighted by atomic mass is 31.2. The summed E-state index contributed by atoms with van der Waals surface area (Å²) in [5.74, 6) is -0.159.